The minimum atomic E-state index is -1.20. The van der Waals surface area contributed by atoms with Crippen molar-refractivity contribution in [3.8, 4) is 0 Å². The third-order valence-electron chi connectivity index (χ3n) is 7.37. The van der Waals surface area contributed by atoms with Gasteiger partial charge in [-0.2, -0.15) is 0 Å². The van der Waals surface area contributed by atoms with Crippen LogP contribution >= 0.6 is 0 Å². The number of nitrogens with zero attached hydrogens (tertiary/aromatic N) is 2. The molecular formula is C36H44N2O16. The number of carbonyl (C=O) groups is 8. The predicted octanol–water partition coefficient (Wildman–Crippen LogP) is 2.86. The van der Waals surface area contributed by atoms with Crippen LogP contribution in [0.1, 0.15) is 72.1 Å². The Morgan fingerprint density at radius 1 is 0.407 bits per heavy atom. The van der Waals surface area contributed by atoms with E-state index in [-0.39, 0.29) is 50.4 Å². The van der Waals surface area contributed by atoms with E-state index < -0.39 is 73.9 Å². The van der Waals surface area contributed by atoms with Gasteiger partial charge in [0, 0.05) is 24.2 Å². The summed E-state index contributed by atoms with van der Waals surface area (Å²) in [4.78, 5) is 94.7. The number of carboxylic acids is 4. The summed E-state index contributed by atoms with van der Waals surface area (Å²) in [6.45, 7) is -2.07. The number of benzene rings is 2. The predicted molar refractivity (Wildman–Crippen MR) is 187 cm³/mol. The van der Waals surface area contributed by atoms with Gasteiger partial charge in [0.05, 0.1) is 24.3 Å². The van der Waals surface area contributed by atoms with Crippen LogP contribution in [0.15, 0.2) is 48.5 Å². The second-order valence-electron chi connectivity index (χ2n) is 11.7. The summed E-state index contributed by atoms with van der Waals surface area (Å²) in [5.74, 6) is -6.94. The van der Waals surface area contributed by atoms with Crippen molar-refractivity contribution in [2.24, 2.45) is 0 Å². The van der Waals surface area contributed by atoms with Gasteiger partial charge < -0.3 is 49.2 Å². The van der Waals surface area contributed by atoms with Crippen molar-refractivity contribution in [2.45, 2.75) is 51.4 Å². The molecule has 0 radical (unpaired) electrons. The lowest BCUT2D eigenvalue weighted by Crippen LogP contribution is -2.34. The molecule has 2 aromatic carbocycles. The first-order valence-corrected chi connectivity index (χ1v) is 17.0. The van der Waals surface area contributed by atoms with Crippen molar-refractivity contribution in [1.29, 1.82) is 0 Å². The van der Waals surface area contributed by atoms with Gasteiger partial charge in [0.1, 0.15) is 39.4 Å². The third kappa shape index (κ3) is 18.3. The first-order valence-electron chi connectivity index (χ1n) is 17.0. The third-order valence-corrected chi connectivity index (χ3v) is 7.37. The maximum Gasteiger partial charge on any atom is 0.338 e. The number of hydrogen-bond acceptors (Lipinski definition) is 14. The topological polar surface area (TPSA) is 261 Å². The number of rotatable bonds is 27. The molecule has 294 valence electrons. The summed E-state index contributed by atoms with van der Waals surface area (Å²) in [5, 5.41) is 36.0. The summed E-state index contributed by atoms with van der Waals surface area (Å²) >= 11 is 0. The average Bonchev–Trinajstić information content (AvgIpc) is 3.11. The molecule has 2 aromatic rings. The van der Waals surface area contributed by atoms with Gasteiger partial charge in [0.25, 0.3) is 0 Å². The van der Waals surface area contributed by atoms with E-state index in [1.165, 1.54) is 48.5 Å². The van der Waals surface area contributed by atoms with E-state index in [4.69, 9.17) is 39.4 Å². The highest BCUT2D eigenvalue weighted by molar-refractivity contribution is 5.91. The molecule has 0 saturated carbocycles. The quantitative estimate of drug-likeness (QED) is 0.0579. The molecule has 0 fully saturated rings. The maximum atomic E-state index is 12.3. The van der Waals surface area contributed by atoms with Gasteiger partial charge >= 0.3 is 47.8 Å². The molecule has 0 unspecified atom stereocenters. The van der Waals surface area contributed by atoms with Gasteiger partial charge in [-0.3, -0.25) is 28.8 Å². The molecule has 0 saturated heterocycles. The summed E-state index contributed by atoms with van der Waals surface area (Å²) in [6, 6.07) is 11.4. The summed E-state index contributed by atoms with van der Waals surface area (Å²) in [7, 11) is 0. The Balaban J connectivity index is 1.50. The van der Waals surface area contributed by atoms with Crippen molar-refractivity contribution in [3.63, 3.8) is 0 Å². The van der Waals surface area contributed by atoms with Crippen LogP contribution in [0.2, 0.25) is 0 Å². The molecule has 18 heteroatoms. The number of hydrogen-bond donors (Lipinski definition) is 4. The summed E-state index contributed by atoms with van der Waals surface area (Å²) in [5.41, 5.74) is 1.07. The zero-order chi connectivity index (χ0) is 39.9. The smallest absolute Gasteiger partial charge is 0.338 e. The van der Waals surface area contributed by atoms with Crippen LogP contribution in [-0.4, -0.2) is 121 Å². The van der Waals surface area contributed by atoms with Gasteiger partial charge in [-0.15, -0.1) is 0 Å². The molecule has 0 heterocycles. The Morgan fingerprint density at radius 3 is 1.02 bits per heavy atom. The van der Waals surface area contributed by atoms with Crippen molar-refractivity contribution >= 4 is 59.1 Å². The van der Waals surface area contributed by atoms with Crippen molar-refractivity contribution in [3.05, 3.63) is 59.7 Å². The molecule has 2 rings (SSSR count). The first-order chi connectivity index (χ1) is 25.7. The standard InChI is InChI=1S/C36H44N2O16/c39-29(40)21-37(22-30(41)42)27-13-9-25(10-14-27)35(49)53-17-5-1-3-7-33(47)51-19-20-52-34(48)8-4-2-6-18-54-36(50)26-11-15-28(16-12-26)38(23-31(43)44)24-32(45)46/h9-16H,1-8,17-24H2,(H,39,40)(H,41,42)(H,43,44)(H,45,46). The Hall–Kier alpha value is -6.20. The van der Waals surface area contributed by atoms with Gasteiger partial charge in [-0.1, -0.05) is 0 Å². The second kappa shape index (κ2) is 24.1. The molecule has 0 spiro atoms. The number of carboxylic acid groups (broad SMARTS) is 4. The van der Waals surface area contributed by atoms with E-state index >= 15 is 0 Å². The summed E-state index contributed by atoms with van der Waals surface area (Å²) in [6.07, 6.45) is 3.35. The lowest BCUT2D eigenvalue weighted by Gasteiger charge is -2.20. The van der Waals surface area contributed by atoms with Crippen LogP contribution in [0.25, 0.3) is 0 Å². The number of anilines is 2. The normalized spacial score (nSPS) is 10.4. The fourth-order valence-electron chi connectivity index (χ4n) is 4.79. The molecule has 54 heavy (non-hydrogen) atoms. The second-order valence-corrected chi connectivity index (χ2v) is 11.7. The SMILES string of the molecule is O=C(O)CN(CC(=O)O)c1ccc(C(=O)OCCCCCC(=O)OCCOC(=O)CCCCCOC(=O)c2ccc(N(CC(=O)O)CC(=O)O)cc2)cc1. The molecule has 0 aliphatic rings. The fourth-order valence-corrected chi connectivity index (χ4v) is 4.79. The lowest BCUT2D eigenvalue weighted by atomic mass is 10.2. The van der Waals surface area contributed by atoms with Crippen LogP contribution < -0.4 is 9.80 Å². The van der Waals surface area contributed by atoms with Crippen LogP contribution in [0.5, 0.6) is 0 Å². The molecule has 0 bridgehead atoms. The molecule has 0 aromatic heterocycles. The van der Waals surface area contributed by atoms with E-state index in [1.54, 1.807) is 0 Å². The monoisotopic (exact) mass is 760 g/mol. The number of carbonyl (C=O) groups excluding carboxylic acids is 4. The van der Waals surface area contributed by atoms with Crippen LogP contribution in [-0.2, 0) is 47.7 Å². The molecular weight excluding hydrogens is 716 g/mol. The largest absolute Gasteiger partial charge is 0.480 e. The highest BCUT2D eigenvalue weighted by Crippen LogP contribution is 2.17. The number of ether oxygens (including phenoxy) is 4. The van der Waals surface area contributed by atoms with E-state index in [9.17, 15) is 38.4 Å². The summed E-state index contributed by atoms with van der Waals surface area (Å²) < 4.78 is 20.5. The van der Waals surface area contributed by atoms with Crippen molar-refractivity contribution < 1.29 is 77.7 Å². The van der Waals surface area contributed by atoms with Gasteiger partial charge in [-0.25, -0.2) is 9.59 Å². The van der Waals surface area contributed by atoms with Gasteiger partial charge in [-0.05, 0) is 87.1 Å². The Kier molecular flexibility index (Phi) is 19.6. The van der Waals surface area contributed by atoms with Crippen molar-refractivity contribution in [1.82, 2.24) is 0 Å². The van der Waals surface area contributed by atoms with Crippen LogP contribution in [0.3, 0.4) is 0 Å². The molecule has 0 aliphatic carbocycles. The highest BCUT2D eigenvalue weighted by atomic mass is 16.6. The highest BCUT2D eigenvalue weighted by Gasteiger charge is 2.17. The lowest BCUT2D eigenvalue weighted by molar-refractivity contribution is -0.152. The Morgan fingerprint density at radius 2 is 0.722 bits per heavy atom. The van der Waals surface area contributed by atoms with E-state index in [2.05, 4.69) is 0 Å². The van der Waals surface area contributed by atoms with Crippen molar-refractivity contribution in [2.75, 3.05) is 62.4 Å². The van der Waals surface area contributed by atoms with E-state index in [0.717, 1.165) is 9.80 Å². The zero-order valence-electron chi connectivity index (χ0n) is 29.5. The molecule has 0 atom stereocenters. The van der Waals surface area contributed by atoms with Crippen LogP contribution in [0.4, 0.5) is 11.4 Å². The van der Waals surface area contributed by atoms with E-state index in [0.29, 0.717) is 49.9 Å². The molecule has 0 amide bonds. The van der Waals surface area contributed by atoms with Gasteiger partial charge in [0.15, 0.2) is 0 Å². The Bertz CT molecular complexity index is 1430. The molecule has 0 aliphatic heterocycles. The van der Waals surface area contributed by atoms with Gasteiger partial charge in [0.2, 0.25) is 0 Å². The zero-order valence-corrected chi connectivity index (χ0v) is 29.5. The minimum Gasteiger partial charge on any atom is -0.480 e. The minimum absolute atomic E-state index is 0.0978. The van der Waals surface area contributed by atoms with E-state index in [1.807, 2.05) is 0 Å². The fraction of sp³-hybridized carbons (Fsp3) is 0.444. The first kappa shape index (κ1) is 44.0. The number of unbranched alkanes of at least 4 members (excludes halogenated alkanes) is 4. The molecule has 4 N–H and O–H groups in total. The van der Waals surface area contributed by atoms with Crippen LogP contribution in [0, 0.1) is 0 Å². The number of esters is 4. The average molecular weight is 761 g/mol. The number of aliphatic carboxylic acids is 4. The Labute approximate surface area is 310 Å². The maximum absolute atomic E-state index is 12.3. The molecule has 18 nitrogen and oxygen atoms in total.